The van der Waals surface area contributed by atoms with Gasteiger partial charge in [0.05, 0.1) is 18.2 Å². The van der Waals surface area contributed by atoms with Crippen molar-refractivity contribution in [3.05, 3.63) is 0 Å². The molecule has 1 N–H and O–H groups in total. The number of hydrogen-bond donors (Lipinski definition) is 1. The smallest absolute Gasteiger partial charge is 0.248 e. The van der Waals surface area contributed by atoms with Gasteiger partial charge in [0.15, 0.2) is 0 Å². The van der Waals surface area contributed by atoms with Crippen molar-refractivity contribution >= 4 is 11.8 Å². The van der Waals surface area contributed by atoms with E-state index in [1.54, 1.807) is 4.90 Å². The maximum absolute atomic E-state index is 12.7. The fourth-order valence-corrected chi connectivity index (χ4v) is 3.24. The van der Waals surface area contributed by atoms with Crippen LogP contribution in [0, 0.1) is 0 Å². The molecule has 2 saturated heterocycles. The largest absolute Gasteiger partial charge is 0.371 e. The van der Waals surface area contributed by atoms with Crippen LogP contribution < -0.4 is 5.32 Å². The normalized spacial score (nSPS) is 28.6. The molecule has 0 aromatic rings. The van der Waals surface area contributed by atoms with Crippen LogP contribution >= 0.6 is 0 Å². The van der Waals surface area contributed by atoms with Crippen LogP contribution in [0.25, 0.3) is 0 Å². The van der Waals surface area contributed by atoms with E-state index < -0.39 is 5.54 Å². The first-order valence-corrected chi connectivity index (χ1v) is 7.60. The van der Waals surface area contributed by atoms with Crippen molar-refractivity contribution in [3.63, 3.8) is 0 Å². The molecular weight excluding hydrogens is 256 g/mol. The van der Waals surface area contributed by atoms with Gasteiger partial charge in [0.1, 0.15) is 5.54 Å². The third-order valence-electron chi connectivity index (χ3n) is 4.59. The Balaban J connectivity index is 2.07. The van der Waals surface area contributed by atoms with Gasteiger partial charge in [-0.15, -0.1) is 0 Å². The van der Waals surface area contributed by atoms with Crippen molar-refractivity contribution in [2.24, 2.45) is 0 Å². The van der Waals surface area contributed by atoms with E-state index in [-0.39, 0.29) is 30.1 Å². The Hall–Kier alpha value is -1.10. The van der Waals surface area contributed by atoms with Crippen molar-refractivity contribution in [2.45, 2.75) is 70.6 Å². The molecule has 0 bridgehead atoms. The summed E-state index contributed by atoms with van der Waals surface area (Å²) in [5, 5.41) is 2.88. The molecule has 2 fully saturated rings. The third kappa shape index (κ3) is 2.82. The number of nitrogens with zero attached hydrogens (tertiary/aromatic N) is 1. The van der Waals surface area contributed by atoms with E-state index in [0.717, 1.165) is 12.8 Å². The van der Waals surface area contributed by atoms with E-state index in [1.165, 1.54) is 0 Å². The number of carbonyl (C=O) groups is 2. The fourth-order valence-electron chi connectivity index (χ4n) is 3.24. The van der Waals surface area contributed by atoms with Crippen LogP contribution in [-0.4, -0.2) is 47.0 Å². The highest BCUT2D eigenvalue weighted by atomic mass is 16.5. The van der Waals surface area contributed by atoms with E-state index in [2.05, 4.69) is 19.2 Å². The van der Waals surface area contributed by atoms with Crippen LogP contribution in [0.5, 0.6) is 0 Å². The molecule has 2 amide bonds. The molecule has 0 aromatic carbocycles. The molecular formula is C15H26N2O3. The SMILES string of the molecule is CCC1(CC)NC(=O)CN(CC2CCC(C)(C)O2)C1=O. The summed E-state index contributed by atoms with van der Waals surface area (Å²) in [6.07, 6.45) is 3.25. The predicted molar refractivity (Wildman–Crippen MR) is 76.2 cm³/mol. The number of piperazine rings is 1. The van der Waals surface area contributed by atoms with Crippen molar-refractivity contribution < 1.29 is 14.3 Å². The van der Waals surface area contributed by atoms with Gasteiger partial charge in [0.25, 0.3) is 0 Å². The molecule has 5 heteroatoms. The first kappa shape index (κ1) is 15.3. The standard InChI is InChI=1S/C15H26N2O3/c1-5-15(6-2)13(19)17(10-12(18)16-15)9-11-7-8-14(3,4)20-11/h11H,5-10H2,1-4H3,(H,16,18). The molecule has 0 radical (unpaired) electrons. The average molecular weight is 282 g/mol. The Morgan fingerprint density at radius 2 is 1.95 bits per heavy atom. The van der Waals surface area contributed by atoms with Gasteiger partial charge in [-0.2, -0.15) is 0 Å². The Morgan fingerprint density at radius 3 is 2.45 bits per heavy atom. The lowest BCUT2D eigenvalue weighted by molar-refractivity contribution is -0.152. The second kappa shape index (κ2) is 5.35. The molecule has 1 atom stereocenters. The van der Waals surface area contributed by atoms with Gasteiger partial charge in [-0.05, 0) is 39.5 Å². The van der Waals surface area contributed by atoms with Crippen molar-refractivity contribution in [1.82, 2.24) is 10.2 Å². The maximum atomic E-state index is 12.7. The Labute approximate surface area is 121 Å². The molecule has 2 heterocycles. The monoisotopic (exact) mass is 282 g/mol. The fraction of sp³-hybridized carbons (Fsp3) is 0.867. The minimum Gasteiger partial charge on any atom is -0.371 e. The lowest BCUT2D eigenvalue weighted by Crippen LogP contribution is -2.66. The molecule has 0 spiro atoms. The first-order valence-electron chi connectivity index (χ1n) is 7.60. The minimum atomic E-state index is -0.719. The van der Waals surface area contributed by atoms with Gasteiger partial charge in [-0.1, -0.05) is 13.8 Å². The van der Waals surface area contributed by atoms with E-state index in [4.69, 9.17) is 4.74 Å². The molecule has 0 aromatic heterocycles. The van der Waals surface area contributed by atoms with Gasteiger partial charge < -0.3 is 15.0 Å². The summed E-state index contributed by atoms with van der Waals surface area (Å²) in [7, 11) is 0. The van der Waals surface area contributed by atoms with Crippen LogP contribution in [-0.2, 0) is 14.3 Å². The van der Waals surface area contributed by atoms with Crippen LogP contribution in [0.2, 0.25) is 0 Å². The topological polar surface area (TPSA) is 58.6 Å². The van der Waals surface area contributed by atoms with E-state index in [1.807, 2.05) is 13.8 Å². The lowest BCUT2D eigenvalue weighted by Gasteiger charge is -2.42. The van der Waals surface area contributed by atoms with Gasteiger partial charge in [0.2, 0.25) is 11.8 Å². The molecule has 5 nitrogen and oxygen atoms in total. The van der Waals surface area contributed by atoms with Gasteiger partial charge in [-0.25, -0.2) is 0 Å². The number of rotatable bonds is 4. The highest BCUT2D eigenvalue weighted by Gasteiger charge is 2.45. The zero-order chi connectivity index (χ0) is 15.0. The van der Waals surface area contributed by atoms with Gasteiger partial charge >= 0.3 is 0 Å². The molecule has 20 heavy (non-hydrogen) atoms. The van der Waals surface area contributed by atoms with E-state index in [9.17, 15) is 9.59 Å². The molecule has 1 unspecified atom stereocenters. The highest BCUT2D eigenvalue weighted by molar-refractivity contribution is 5.97. The van der Waals surface area contributed by atoms with Crippen molar-refractivity contribution in [2.75, 3.05) is 13.1 Å². The summed E-state index contributed by atoms with van der Waals surface area (Å²) in [5.41, 5.74) is -0.832. The highest BCUT2D eigenvalue weighted by Crippen LogP contribution is 2.31. The first-order chi connectivity index (χ1) is 9.32. The summed E-state index contributed by atoms with van der Waals surface area (Å²) < 4.78 is 5.94. The molecule has 0 aliphatic carbocycles. The maximum Gasteiger partial charge on any atom is 0.248 e. The van der Waals surface area contributed by atoms with Gasteiger partial charge in [0, 0.05) is 6.54 Å². The third-order valence-corrected chi connectivity index (χ3v) is 4.59. The van der Waals surface area contributed by atoms with Gasteiger partial charge in [-0.3, -0.25) is 9.59 Å². The molecule has 0 saturated carbocycles. The predicted octanol–water partition coefficient (Wildman–Crippen LogP) is 1.46. The zero-order valence-electron chi connectivity index (χ0n) is 13.0. The van der Waals surface area contributed by atoms with E-state index >= 15 is 0 Å². The second-order valence-corrected chi connectivity index (χ2v) is 6.56. The second-order valence-electron chi connectivity index (χ2n) is 6.56. The molecule has 114 valence electrons. The minimum absolute atomic E-state index is 0.0374. The average Bonchev–Trinajstić information content (AvgIpc) is 2.73. The zero-order valence-corrected chi connectivity index (χ0v) is 13.0. The van der Waals surface area contributed by atoms with Crippen LogP contribution in [0.3, 0.4) is 0 Å². The lowest BCUT2D eigenvalue weighted by atomic mass is 9.88. The summed E-state index contributed by atoms with van der Waals surface area (Å²) in [6, 6.07) is 0. The van der Waals surface area contributed by atoms with Crippen molar-refractivity contribution in [1.29, 1.82) is 0 Å². The Kier molecular flexibility index (Phi) is 4.09. The van der Waals surface area contributed by atoms with Crippen LogP contribution in [0.15, 0.2) is 0 Å². The summed E-state index contributed by atoms with van der Waals surface area (Å²) in [4.78, 5) is 26.2. The summed E-state index contributed by atoms with van der Waals surface area (Å²) in [6.45, 7) is 8.71. The van der Waals surface area contributed by atoms with Crippen LogP contribution in [0.1, 0.15) is 53.4 Å². The summed E-state index contributed by atoms with van der Waals surface area (Å²) in [5.74, 6) is -0.0269. The summed E-state index contributed by atoms with van der Waals surface area (Å²) >= 11 is 0. The Morgan fingerprint density at radius 1 is 1.30 bits per heavy atom. The van der Waals surface area contributed by atoms with Crippen molar-refractivity contribution in [3.8, 4) is 0 Å². The number of hydrogen-bond acceptors (Lipinski definition) is 3. The molecule has 2 aliphatic heterocycles. The molecule has 2 rings (SSSR count). The number of amides is 2. The number of carbonyl (C=O) groups excluding carboxylic acids is 2. The van der Waals surface area contributed by atoms with E-state index in [0.29, 0.717) is 19.4 Å². The molecule has 2 aliphatic rings. The quantitative estimate of drug-likeness (QED) is 0.849. The van der Waals surface area contributed by atoms with Crippen LogP contribution in [0.4, 0.5) is 0 Å². The Bertz CT molecular complexity index is 402. The number of nitrogens with one attached hydrogen (secondary N) is 1. The number of ether oxygens (including phenoxy) is 1.